The molecule has 0 aromatic heterocycles. The molecule has 3 amide bonds. The van der Waals surface area contributed by atoms with Gasteiger partial charge < -0.3 is 14.8 Å². The summed E-state index contributed by atoms with van der Waals surface area (Å²) in [5.41, 5.74) is 1.40. The third-order valence-electron chi connectivity index (χ3n) is 5.76. The second-order valence-corrected chi connectivity index (χ2v) is 7.90. The minimum absolute atomic E-state index is 0.00120. The van der Waals surface area contributed by atoms with Crippen LogP contribution in [0.5, 0.6) is 5.75 Å². The van der Waals surface area contributed by atoms with E-state index < -0.39 is 5.97 Å². The zero-order chi connectivity index (χ0) is 22.7. The second-order valence-electron chi connectivity index (χ2n) is 7.90. The zero-order valence-corrected chi connectivity index (χ0v) is 17.8. The Labute approximate surface area is 185 Å². The lowest BCUT2D eigenvalue weighted by molar-refractivity contribution is -0.124. The van der Waals surface area contributed by atoms with Crippen LogP contribution < -0.4 is 10.1 Å². The minimum Gasteiger partial charge on any atom is -0.496 e. The first-order valence-electron chi connectivity index (χ1n) is 10.6. The van der Waals surface area contributed by atoms with Gasteiger partial charge in [-0.2, -0.15) is 0 Å². The number of nitrogens with zero attached hydrogens (tertiary/aromatic N) is 1. The predicted molar refractivity (Wildman–Crippen MR) is 114 cm³/mol. The zero-order valence-electron chi connectivity index (χ0n) is 17.8. The Hall–Kier alpha value is -3.68. The molecule has 32 heavy (non-hydrogen) atoms. The van der Waals surface area contributed by atoms with Crippen molar-refractivity contribution in [2.24, 2.45) is 0 Å². The van der Waals surface area contributed by atoms with Gasteiger partial charge in [-0.3, -0.25) is 19.3 Å². The molecule has 4 rings (SSSR count). The van der Waals surface area contributed by atoms with Gasteiger partial charge in [0.25, 0.3) is 17.7 Å². The lowest BCUT2D eigenvalue weighted by Crippen LogP contribution is -2.36. The van der Waals surface area contributed by atoms with Gasteiger partial charge in [-0.1, -0.05) is 31.0 Å². The summed E-state index contributed by atoms with van der Waals surface area (Å²) in [5, 5.41) is 2.86. The van der Waals surface area contributed by atoms with Crippen molar-refractivity contribution in [1.82, 2.24) is 10.2 Å². The molecule has 2 aliphatic rings. The number of methoxy groups -OCH3 is 1. The molecule has 8 nitrogen and oxygen atoms in total. The molecule has 1 N–H and O–H groups in total. The Balaban J connectivity index is 1.44. The van der Waals surface area contributed by atoms with Crippen molar-refractivity contribution >= 4 is 23.7 Å². The molecule has 1 aliphatic heterocycles. The summed E-state index contributed by atoms with van der Waals surface area (Å²) in [5.74, 6) is -1.54. The van der Waals surface area contributed by atoms with E-state index in [-0.39, 0.29) is 48.2 Å². The largest absolute Gasteiger partial charge is 0.496 e. The number of benzene rings is 2. The van der Waals surface area contributed by atoms with Gasteiger partial charge in [0, 0.05) is 6.04 Å². The molecule has 0 atom stereocenters. The van der Waals surface area contributed by atoms with E-state index in [0.29, 0.717) is 16.7 Å². The van der Waals surface area contributed by atoms with Crippen molar-refractivity contribution in [3.05, 3.63) is 64.7 Å². The highest BCUT2D eigenvalue weighted by molar-refractivity contribution is 6.21. The Kier molecular flexibility index (Phi) is 6.20. The van der Waals surface area contributed by atoms with E-state index in [9.17, 15) is 19.2 Å². The van der Waals surface area contributed by atoms with Crippen molar-refractivity contribution in [2.75, 3.05) is 13.7 Å². The molecule has 8 heteroatoms. The van der Waals surface area contributed by atoms with Crippen molar-refractivity contribution in [3.8, 4) is 5.75 Å². The SMILES string of the molecule is COc1ccc(CN2C(=O)c3ccccc3C2=O)cc1C(=O)OCC(=O)NC1CCCC1. The number of esters is 1. The summed E-state index contributed by atoms with van der Waals surface area (Å²) in [6, 6.07) is 11.5. The smallest absolute Gasteiger partial charge is 0.342 e. The van der Waals surface area contributed by atoms with E-state index in [1.54, 1.807) is 36.4 Å². The number of carbonyl (C=O) groups excluding carboxylic acids is 4. The average molecular weight is 436 g/mol. The van der Waals surface area contributed by atoms with Crippen LogP contribution in [0.2, 0.25) is 0 Å². The van der Waals surface area contributed by atoms with Gasteiger partial charge in [-0.05, 0) is 42.7 Å². The highest BCUT2D eigenvalue weighted by Crippen LogP contribution is 2.27. The van der Waals surface area contributed by atoms with E-state index in [1.165, 1.54) is 13.2 Å². The lowest BCUT2D eigenvalue weighted by atomic mass is 10.1. The maximum absolute atomic E-state index is 12.6. The van der Waals surface area contributed by atoms with E-state index in [0.717, 1.165) is 30.6 Å². The van der Waals surface area contributed by atoms with E-state index >= 15 is 0 Å². The first-order chi connectivity index (χ1) is 15.5. The van der Waals surface area contributed by atoms with E-state index in [2.05, 4.69) is 5.32 Å². The highest BCUT2D eigenvalue weighted by atomic mass is 16.5. The van der Waals surface area contributed by atoms with Crippen molar-refractivity contribution in [2.45, 2.75) is 38.3 Å². The van der Waals surface area contributed by atoms with Gasteiger partial charge >= 0.3 is 5.97 Å². The van der Waals surface area contributed by atoms with E-state index in [4.69, 9.17) is 9.47 Å². The summed E-state index contributed by atoms with van der Waals surface area (Å²) in [7, 11) is 1.42. The Morgan fingerprint density at radius 2 is 1.69 bits per heavy atom. The molecule has 0 spiro atoms. The van der Waals surface area contributed by atoms with Gasteiger partial charge in [-0.15, -0.1) is 0 Å². The predicted octanol–water partition coefficient (Wildman–Crippen LogP) is 2.71. The molecule has 0 unspecified atom stereocenters. The van der Waals surface area contributed by atoms with Crippen LogP contribution in [-0.2, 0) is 16.1 Å². The average Bonchev–Trinajstić information content (AvgIpc) is 3.40. The van der Waals surface area contributed by atoms with Crippen LogP contribution in [0.1, 0.15) is 62.3 Å². The second kappa shape index (κ2) is 9.21. The first-order valence-corrected chi connectivity index (χ1v) is 10.6. The third-order valence-corrected chi connectivity index (χ3v) is 5.76. The Morgan fingerprint density at radius 1 is 1.03 bits per heavy atom. The third kappa shape index (κ3) is 4.34. The normalized spacial score (nSPS) is 15.6. The quantitative estimate of drug-likeness (QED) is 0.529. The number of hydrogen-bond acceptors (Lipinski definition) is 6. The van der Waals surface area contributed by atoms with Gasteiger partial charge in [0.05, 0.1) is 24.8 Å². The van der Waals surface area contributed by atoms with Gasteiger partial charge in [0.2, 0.25) is 0 Å². The maximum atomic E-state index is 12.6. The molecule has 2 aromatic rings. The van der Waals surface area contributed by atoms with Crippen LogP contribution in [0.4, 0.5) is 0 Å². The van der Waals surface area contributed by atoms with Gasteiger partial charge in [0.1, 0.15) is 11.3 Å². The fraction of sp³-hybridized carbons (Fsp3) is 0.333. The summed E-state index contributed by atoms with van der Waals surface area (Å²) < 4.78 is 10.4. The summed E-state index contributed by atoms with van der Waals surface area (Å²) in [4.78, 5) is 51.1. The summed E-state index contributed by atoms with van der Waals surface area (Å²) in [6.45, 7) is -0.389. The van der Waals surface area contributed by atoms with Gasteiger partial charge in [-0.25, -0.2) is 4.79 Å². The first kappa shape index (κ1) is 21.5. The Bertz CT molecular complexity index is 1040. The summed E-state index contributed by atoms with van der Waals surface area (Å²) in [6.07, 6.45) is 4.05. The van der Waals surface area contributed by atoms with Crippen LogP contribution in [0.25, 0.3) is 0 Å². The molecule has 0 radical (unpaired) electrons. The molecule has 0 bridgehead atoms. The molecule has 166 valence electrons. The fourth-order valence-corrected chi connectivity index (χ4v) is 4.13. The standard InChI is InChI=1S/C24H24N2O6/c1-31-20-11-10-15(13-26-22(28)17-8-4-5-9-18(17)23(26)29)12-19(20)24(30)32-14-21(27)25-16-6-2-3-7-16/h4-5,8-12,16H,2-3,6-7,13-14H2,1H3,(H,25,27). The number of amides is 3. The number of fused-ring (bicyclic) bond motifs is 1. The summed E-state index contributed by atoms with van der Waals surface area (Å²) >= 11 is 0. The molecule has 0 saturated heterocycles. The van der Waals surface area contributed by atoms with Crippen molar-refractivity contribution < 1.29 is 28.7 Å². The number of ether oxygens (including phenoxy) is 2. The molecular weight excluding hydrogens is 412 g/mol. The van der Waals surface area contributed by atoms with Crippen LogP contribution >= 0.6 is 0 Å². The number of carbonyl (C=O) groups is 4. The van der Waals surface area contributed by atoms with E-state index in [1.807, 2.05) is 0 Å². The topological polar surface area (TPSA) is 102 Å². The van der Waals surface area contributed by atoms with Crippen LogP contribution in [0, 0.1) is 0 Å². The van der Waals surface area contributed by atoms with Crippen molar-refractivity contribution in [3.63, 3.8) is 0 Å². The maximum Gasteiger partial charge on any atom is 0.342 e. The monoisotopic (exact) mass is 436 g/mol. The van der Waals surface area contributed by atoms with Crippen LogP contribution in [0.15, 0.2) is 42.5 Å². The van der Waals surface area contributed by atoms with Gasteiger partial charge in [0.15, 0.2) is 6.61 Å². The fourth-order valence-electron chi connectivity index (χ4n) is 4.13. The van der Waals surface area contributed by atoms with Crippen LogP contribution in [-0.4, -0.2) is 48.3 Å². The molecule has 2 aromatic carbocycles. The molecule has 1 fully saturated rings. The number of imide groups is 1. The van der Waals surface area contributed by atoms with Crippen molar-refractivity contribution in [1.29, 1.82) is 0 Å². The number of hydrogen-bond donors (Lipinski definition) is 1. The molecule has 1 heterocycles. The minimum atomic E-state index is -0.715. The number of rotatable bonds is 7. The molecule has 1 aliphatic carbocycles. The Morgan fingerprint density at radius 3 is 2.31 bits per heavy atom. The van der Waals surface area contributed by atoms with Crippen LogP contribution in [0.3, 0.4) is 0 Å². The number of nitrogens with one attached hydrogen (secondary N) is 1. The lowest BCUT2D eigenvalue weighted by Gasteiger charge is -2.16. The molecule has 1 saturated carbocycles. The molecular formula is C24H24N2O6. The highest BCUT2D eigenvalue weighted by Gasteiger charge is 2.35.